The van der Waals surface area contributed by atoms with Gasteiger partial charge in [0.15, 0.2) is 0 Å². The summed E-state index contributed by atoms with van der Waals surface area (Å²) in [6, 6.07) is 9.06. The molecule has 0 spiro atoms. The van der Waals surface area contributed by atoms with Crippen LogP contribution >= 0.6 is 0 Å². The summed E-state index contributed by atoms with van der Waals surface area (Å²) >= 11 is 0. The third-order valence-electron chi connectivity index (χ3n) is 6.82. The molecule has 3 heterocycles. The first-order valence-electron chi connectivity index (χ1n) is 12.7. The van der Waals surface area contributed by atoms with Gasteiger partial charge in [-0.2, -0.15) is 5.10 Å². The lowest BCUT2D eigenvalue weighted by Crippen LogP contribution is -2.34. The van der Waals surface area contributed by atoms with Crippen LogP contribution in [-0.2, 0) is 11.3 Å². The zero-order valence-electron chi connectivity index (χ0n) is 21.5. The van der Waals surface area contributed by atoms with Gasteiger partial charge in [-0.25, -0.2) is 9.37 Å². The van der Waals surface area contributed by atoms with E-state index in [0.29, 0.717) is 31.1 Å². The van der Waals surface area contributed by atoms with Gasteiger partial charge in [0.1, 0.15) is 5.82 Å². The van der Waals surface area contributed by atoms with E-state index in [0.717, 1.165) is 35.7 Å². The summed E-state index contributed by atoms with van der Waals surface area (Å²) in [5, 5.41) is 18.6. The third kappa shape index (κ3) is 5.04. The van der Waals surface area contributed by atoms with Gasteiger partial charge in [-0.1, -0.05) is 12.6 Å². The van der Waals surface area contributed by atoms with E-state index in [-0.39, 0.29) is 17.5 Å². The minimum Gasteiger partial charge on any atom is -0.389 e. The van der Waals surface area contributed by atoms with Gasteiger partial charge >= 0.3 is 0 Å². The number of carbonyl (C=O) groups excluding carboxylic acids is 2. The highest BCUT2D eigenvalue weighted by molar-refractivity contribution is 6.07. The Bertz CT molecular complexity index is 1530. The number of fused-ring (bicyclic) bond motifs is 3. The lowest BCUT2D eigenvalue weighted by Gasteiger charge is -2.26. The van der Waals surface area contributed by atoms with Gasteiger partial charge in [0.05, 0.1) is 40.9 Å². The second-order valence-electron chi connectivity index (χ2n) is 10.4. The molecule has 2 aromatic carbocycles. The molecule has 1 atom stereocenters. The molecule has 0 radical (unpaired) electrons. The fourth-order valence-electron chi connectivity index (χ4n) is 5.14. The number of nitrogens with one attached hydrogen (secondary N) is 1. The van der Waals surface area contributed by atoms with Gasteiger partial charge in [-0.15, -0.1) is 0 Å². The topological polar surface area (TPSA) is 105 Å². The van der Waals surface area contributed by atoms with Gasteiger partial charge in [-0.3, -0.25) is 19.6 Å². The van der Waals surface area contributed by atoms with Crippen LogP contribution in [0.2, 0.25) is 0 Å². The molecule has 1 aliphatic heterocycles. The summed E-state index contributed by atoms with van der Waals surface area (Å²) in [7, 11) is 0. The van der Waals surface area contributed by atoms with Crippen LogP contribution in [0.25, 0.3) is 21.9 Å². The predicted molar refractivity (Wildman–Crippen MR) is 143 cm³/mol. The van der Waals surface area contributed by atoms with Crippen molar-refractivity contribution in [2.24, 2.45) is 0 Å². The molecule has 2 amide bonds. The zero-order valence-corrected chi connectivity index (χ0v) is 21.5. The molecule has 5 rings (SSSR count). The Balaban J connectivity index is 1.66. The maximum Gasteiger partial charge on any atom is 0.258 e. The molecule has 0 aliphatic carbocycles. The molecule has 9 nitrogen and oxygen atoms in total. The molecule has 0 saturated carbocycles. The number of halogens is 1. The number of aliphatic hydroxyl groups is 1. The summed E-state index contributed by atoms with van der Waals surface area (Å²) in [6.07, 6.45) is 5.57. The van der Waals surface area contributed by atoms with Crippen LogP contribution in [0.5, 0.6) is 0 Å². The average molecular weight is 519 g/mol. The van der Waals surface area contributed by atoms with Crippen molar-refractivity contribution in [2.75, 3.05) is 18.4 Å². The van der Waals surface area contributed by atoms with E-state index in [1.165, 1.54) is 24.3 Å². The highest BCUT2D eigenvalue weighted by Crippen LogP contribution is 2.35. The van der Waals surface area contributed by atoms with Gasteiger partial charge < -0.3 is 14.6 Å². The molecule has 1 saturated heterocycles. The molecule has 1 fully saturated rings. The summed E-state index contributed by atoms with van der Waals surface area (Å²) in [5.74, 6) is -0.818. The maximum absolute atomic E-state index is 13.8. The molecule has 2 N–H and O–H groups in total. The Hall–Kier alpha value is -4.05. The first-order chi connectivity index (χ1) is 18.1. The normalized spacial score (nSPS) is 16.5. The van der Waals surface area contributed by atoms with E-state index < -0.39 is 17.3 Å². The van der Waals surface area contributed by atoms with E-state index >= 15 is 0 Å². The molecule has 4 aromatic rings. The third-order valence-corrected chi connectivity index (χ3v) is 6.82. The summed E-state index contributed by atoms with van der Waals surface area (Å²) < 4.78 is 17.5. The van der Waals surface area contributed by atoms with Crippen LogP contribution in [-0.4, -0.2) is 59.8 Å². The van der Waals surface area contributed by atoms with E-state index in [2.05, 4.69) is 17.0 Å². The molecular weight excluding hydrogens is 487 g/mol. The number of aromatic nitrogens is 4. The molecule has 0 unspecified atom stereocenters. The largest absolute Gasteiger partial charge is 0.389 e. The minimum atomic E-state index is -0.967. The Morgan fingerprint density at radius 3 is 2.82 bits per heavy atom. The number of anilines is 1. The molecule has 1 aliphatic rings. The highest BCUT2D eigenvalue weighted by Gasteiger charge is 2.28. The van der Waals surface area contributed by atoms with Gasteiger partial charge in [0.2, 0.25) is 11.9 Å². The van der Waals surface area contributed by atoms with E-state index in [4.69, 9.17) is 4.98 Å². The zero-order chi connectivity index (χ0) is 27.0. The average Bonchev–Trinajstić information content (AvgIpc) is 3.33. The van der Waals surface area contributed by atoms with Crippen LogP contribution in [0, 0.1) is 5.82 Å². The van der Waals surface area contributed by atoms with Crippen molar-refractivity contribution in [3.63, 3.8) is 0 Å². The van der Waals surface area contributed by atoms with Crippen LogP contribution < -0.4 is 5.32 Å². The lowest BCUT2D eigenvalue weighted by molar-refractivity contribution is -0.126. The van der Waals surface area contributed by atoms with Gasteiger partial charge in [0, 0.05) is 24.0 Å². The number of imidazole rings is 1. The second kappa shape index (κ2) is 10.0. The molecule has 10 heteroatoms. The number of benzene rings is 2. The summed E-state index contributed by atoms with van der Waals surface area (Å²) in [4.78, 5) is 32.2. The number of hydrogen-bond donors (Lipinski definition) is 2. The SMILES string of the molecule is C=CC(=O)N1CCCC[C@@H](n2c(NC(=O)c3cccc(F)c3)nc3ccc4c(cnn4CC(C)(C)O)c32)C1. The van der Waals surface area contributed by atoms with Crippen molar-refractivity contribution >= 4 is 39.7 Å². The molecule has 198 valence electrons. The highest BCUT2D eigenvalue weighted by atomic mass is 19.1. The van der Waals surface area contributed by atoms with Crippen molar-refractivity contribution in [3.05, 3.63) is 66.6 Å². The second-order valence-corrected chi connectivity index (χ2v) is 10.4. The fraction of sp³-hybridized carbons (Fsp3) is 0.357. The van der Waals surface area contributed by atoms with Crippen molar-refractivity contribution in [1.29, 1.82) is 0 Å². The Kier molecular flexibility index (Phi) is 6.75. The molecule has 38 heavy (non-hydrogen) atoms. The lowest BCUT2D eigenvalue weighted by atomic mass is 10.1. The van der Waals surface area contributed by atoms with Crippen molar-refractivity contribution < 1.29 is 19.1 Å². The maximum atomic E-state index is 13.8. The first kappa shape index (κ1) is 25.6. The smallest absolute Gasteiger partial charge is 0.258 e. The van der Waals surface area contributed by atoms with Crippen molar-refractivity contribution in [1.82, 2.24) is 24.2 Å². The standard InChI is InChI=1S/C28H31FN6O3/c1-4-24(36)33-13-6-5-10-20(16-33)35-25-21-15-30-34(17-28(2,3)38)23(21)12-11-22(25)31-27(35)32-26(37)18-8-7-9-19(29)14-18/h4,7-9,11-12,14-15,20,38H,1,5-6,10,13,16-17H2,2-3H3,(H,31,32,37)/t20-/m1/s1. The fourth-order valence-corrected chi connectivity index (χ4v) is 5.14. The van der Waals surface area contributed by atoms with Crippen LogP contribution in [0.1, 0.15) is 49.5 Å². The van der Waals surface area contributed by atoms with Crippen LogP contribution in [0.4, 0.5) is 10.3 Å². The Morgan fingerprint density at radius 2 is 2.08 bits per heavy atom. The Morgan fingerprint density at radius 1 is 1.26 bits per heavy atom. The summed E-state index contributed by atoms with van der Waals surface area (Å²) in [6.45, 7) is 8.43. The number of carbonyl (C=O) groups is 2. The molecule has 2 aromatic heterocycles. The number of hydrogen-bond acceptors (Lipinski definition) is 5. The number of rotatable bonds is 6. The summed E-state index contributed by atoms with van der Waals surface area (Å²) in [5.41, 5.74) is 1.45. The van der Waals surface area contributed by atoms with Crippen molar-refractivity contribution in [3.8, 4) is 0 Å². The Labute approximate surface area is 219 Å². The van der Waals surface area contributed by atoms with Gasteiger partial charge in [-0.05, 0) is 69.5 Å². The van der Waals surface area contributed by atoms with Crippen LogP contribution in [0.15, 0.2) is 55.3 Å². The van der Waals surface area contributed by atoms with E-state index in [9.17, 15) is 19.1 Å². The monoisotopic (exact) mass is 518 g/mol. The van der Waals surface area contributed by atoms with Crippen molar-refractivity contribution in [2.45, 2.75) is 51.3 Å². The van der Waals surface area contributed by atoms with Gasteiger partial charge in [0.25, 0.3) is 5.91 Å². The molecule has 0 bridgehead atoms. The number of amides is 2. The number of likely N-dealkylation sites (tertiary alicyclic amines) is 1. The predicted octanol–water partition coefficient (Wildman–Crippen LogP) is 4.29. The van der Waals surface area contributed by atoms with Crippen LogP contribution in [0.3, 0.4) is 0 Å². The van der Waals surface area contributed by atoms with E-state index in [1.807, 2.05) is 16.7 Å². The molecular formula is C28H31FN6O3. The number of nitrogens with zero attached hydrogens (tertiary/aromatic N) is 5. The van der Waals surface area contributed by atoms with E-state index in [1.54, 1.807) is 35.7 Å². The first-order valence-corrected chi connectivity index (χ1v) is 12.7. The quantitative estimate of drug-likeness (QED) is 0.371. The minimum absolute atomic E-state index is 0.144.